The van der Waals surface area contributed by atoms with Gasteiger partial charge in [0.05, 0.1) is 5.69 Å². The highest BCUT2D eigenvalue weighted by molar-refractivity contribution is 7.07. The van der Waals surface area contributed by atoms with Crippen LogP contribution in [0, 0.1) is 0 Å². The van der Waals surface area contributed by atoms with Gasteiger partial charge in [0.25, 0.3) is 0 Å². The van der Waals surface area contributed by atoms with E-state index in [-0.39, 0.29) is 0 Å². The largest absolute Gasteiger partial charge is 0.303 e. The van der Waals surface area contributed by atoms with Crippen LogP contribution in [0.2, 0.25) is 0 Å². The molecule has 2 aromatic heterocycles. The number of nitrogens with zero attached hydrogens (tertiary/aromatic N) is 5. The van der Waals surface area contributed by atoms with Crippen molar-refractivity contribution >= 4 is 11.3 Å². The van der Waals surface area contributed by atoms with Crippen LogP contribution in [-0.4, -0.2) is 45.4 Å². The number of rotatable bonds is 4. The minimum atomic E-state index is 0.863. The first-order chi connectivity index (χ1) is 9.72. The van der Waals surface area contributed by atoms with Gasteiger partial charge in [-0.15, -0.1) is 5.10 Å². The van der Waals surface area contributed by atoms with Crippen molar-refractivity contribution in [3.8, 4) is 0 Å². The molecule has 0 bridgehead atoms. The first-order valence-corrected chi connectivity index (χ1v) is 7.96. The van der Waals surface area contributed by atoms with Crippen LogP contribution in [0.15, 0.2) is 16.8 Å². The molecule has 3 rings (SSSR count). The van der Waals surface area contributed by atoms with E-state index < -0.39 is 0 Å². The first kappa shape index (κ1) is 13.7. The Kier molecular flexibility index (Phi) is 4.14. The molecule has 20 heavy (non-hydrogen) atoms. The third-order valence-electron chi connectivity index (χ3n) is 3.59. The van der Waals surface area contributed by atoms with Gasteiger partial charge in [0.2, 0.25) is 0 Å². The average molecular weight is 291 g/mol. The molecule has 0 unspecified atom stereocenters. The van der Waals surface area contributed by atoms with Gasteiger partial charge in [-0.2, -0.15) is 11.3 Å². The number of aryl methyl sites for hydroxylation is 1. The molecule has 1 aliphatic rings. The second-order valence-corrected chi connectivity index (χ2v) is 6.42. The minimum absolute atomic E-state index is 0.863. The van der Waals surface area contributed by atoms with E-state index in [0.717, 1.165) is 44.8 Å². The Morgan fingerprint density at radius 1 is 1.35 bits per heavy atom. The van der Waals surface area contributed by atoms with Gasteiger partial charge in [0, 0.05) is 32.7 Å². The number of hydrogen-bond donors (Lipinski definition) is 0. The summed E-state index contributed by atoms with van der Waals surface area (Å²) >= 11 is 1.77. The molecular weight excluding hydrogens is 270 g/mol. The highest BCUT2D eigenvalue weighted by Crippen LogP contribution is 2.18. The van der Waals surface area contributed by atoms with Crippen LogP contribution in [0.3, 0.4) is 0 Å². The second kappa shape index (κ2) is 6.03. The number of aromatic nitrogens is 3. The van der Waals surface area contributed by atoms with Gasteiger partial charge >= 0.3 is 0 Å². The Bertz CT molecular complexity index is 546. The predicted octanol–water partition coefficient (Wildman–Crippen LogP) is 1.81. The summed E-state index contributed by atoms with van der Waals surface area (Å²) < 4.78 is 2.09. The number of hydrogen-bond acceptors (Lipinski definition) is 5. The molecule has 0 saturated carbocycles. The Morgan fingerprint density at radius 2 is 2.25 bits per heavy atom. The van der Waals surface area contributed by atoms with Crippen molar-refractivity contribution in [2.24, 2.45) is 0 Å². The Morgan fingerprint density at radius 3 is 3.00 bits per heavy atom. The molecule has 6 heteroatoms. The quantitative estimate of drug-likeness (QED) is 0.861. The van der Waals surface area contributed by atoms with E-state index in [1.54, 1.807) is 11.3 Å². The van der Waals surface area contributed by atoms with Gasteiger partial charge < -0.3 is 4.90 Å². The lowest BCUT2D eigenvalue weighted by atomic mass is 10.2. The minimum Gasteiger partial charge on any atom is -0.303 e. The van der Waals surface area contributed by atoms with Crippen LogP contribution < -0.4 is 0 Å². The van der Waals surface area contributed by atoms with Crippen LogP contribution in [0.5, 0.6) is 0 Å². The molecule has 0 fully saturated rings. The summed E-state index contributed by atoms with van der Waals surface area (Å²) in [7, 11) is 4.15. The van der Waals surface area contributed by atoms with Crippen LogP contribution >= 0.6 is 11.3 Å². The Labute approximate surface area is 123 Å². The van der Waals surface area contributed by atoms with E-state index in [1.807, 2.05) is 0 Å². The third-order valence-corrected chi connectivity index (χ3v) is 4.32. The van der Waals surface area contributed by atoms with Gasteiger partial charge in [0.15, 0.2) is 0 Å². The standard InChI is InChI=1S/C14H21N5S/c1-17(2)9-13-14-10-18(8-12-4-7-20-11-12)5-3-6-19(14)16-15-13/h4,7,11H,3,5-6,8-10H2,1-2H3. The predicted molar refractivity (Wildman–Crippen MR) is 80.5 cm³/mol. The number of fused-ring (bicyclic) bond motifs is 1. The monoisotopic (exact) mass is 291 g/mol. The normalized spacial score (nSPS) is 16.4. The van der Waals surface area contributed by atoms with Crippen molar-refractivity contribution < 1.29 is 0 Å². The summed E-state index contributed by atoms with van der Waals surface area (Å²) in [5.41, 5.74) is 3.81. The van der Waals surface area contributed by atoms with E-state index in [1.165, 1.54) is 11.3 Å². The van der Waals surface area contributed by atoms with E-state index in [2.05, 4.69) is 55.7 Å². The fourth-order valence-electron chi connectivity index (χ4n) is 2.65. The molecule has 0 atom stereocenters. The second-order valence-electron chi connectivity index (χ2n) is 5.64. The Hall–Kier alpha value is -1.24. The van der Waals surface area contributed by atoms with Crippen LogP contribution in [0.25, 0.3) is 0 Å². The Balaban J connectivity index is 1.77. The molecule has 0 aromatic carbocycles. The fraction of sp³-hybridized carbons (Fsp3) is 0.571. The van der Waals surface area contributed by atoms with Gasteiger partial charge in [-0.1, -0.05) is 5.21 Å². The van der Waals surface area contributed by atoms with E-state index in [0.29, 0.717) is 0 Å². The van der Waals surface area contributed by atoms with Crippen molar-refractivity contribution in [2.45, 2.75) is 32.6 Å². The lowest BCUT2D eigenvalue weighted by molar-refractivity contribution is 0.259. The number of thiophene rings is 1. The molecule has 0 amide bonds. The molecule has 0 aliphatic carbocycles. The zero-order valence-electron chi connectivity index (χ0n) is 12.1. The molecule has 1 aliphatic heterocycles. The first-order valence-electron chi connectivity index (χ1n) is 7.02. The molecular formula is C14H21N5S. The topological polar surface area (TPSA) is 37.2 Å². The maximum absolute atomic E-state index is 4.36. The summed E-state index contributed by atoms with van der Waals surface area (Å²) in [5, 5.41) is 13.1. The summed E-state index contributed by atoms with van der Waals surface area (Å²) in [6.45, 7) is 4.94. The van der Waals surface area contributed by atoms with Gasteiger partial charge in [-0.25, -0.2) is 4.68 Å². The van der Waals surface area contributed by atoms with Crippen molar-refractivity contribution in [3.05, 3.63) is 33.8 Å². The van der Waals surface area contributed by atoms with Gasteiger partial charge in [-0.05, 0) is 42.9 Å². The SMILES string of the molecule is CN(C)Cc1nnn2c1CN(Cc1ccsc1)CCC2. The van der Waals surface area contributed by atoms with E-state index >= 15 is 0 Å². The van der Waals surface area contributed by atoms with E-state index in [4.69, 9.17) is 0 Å². The molecule has 0 N–H and O–H groups in total. The summed E-state index contributed by atoms with van der Waals surface area (Å²) in [6, 6.07) is 2.21. The summed E-state index contributed by atoms with van der Waals surface area (Å²) in [6.07, 6.45) is 1.14. The fourth-order valence-corrected chi connectivity index (χ4v) is 3.31. The van der Waals surface area contributed by atoms with Gasteiger partial charge in [0.1, 0.15) is 5.69 Å². The van der Waals surface area contributed by atoms with Crippen molar-refractivity contribution in [1.82, 2.24) is 24.8 Å². The lowest BCUT2D eigenvalue weighted by Crippen LogP contribution is -2.23. The van der Waals surface area contributed by atoms with Crippen LogP contribution in [-0.2, 0) is 26.2 Å². The lowest BCUT2D eigenvalue weighted by Gasteiger charge is -2.19. The molecule has 5 nitrogen and oxygen atoms in total. The molecule has 0 radical (unpaired) electrons. The average Bonchev–Trinajstić information content (AvgIpc) is 2.97. The zero-order valence-corrected chi connectivity index (χ0v) is 12.9. The highest BCUT2D eigenvalue weighted by atomic mass is 32.1. The summed E-state index contributed by atoms with van der Waals surface area (Å²) in [5.74, 6) is 0. The molecule has 0 saturated heterocycles. The van der Waals surface area contributed by atoms with E-state index in [9.17, 15) is 0 Å². The van der Waals surface area contributed by atoms with Crippen LogP contribution in [0.1, 0.15) is 23.4 Å². The molecule has 0 spiro atoms. The third kappa shape index (κ3) is 3.08. The van der Waals surface area contributed by atoms with Gasteiger partial charge in [-0.3, -0.25) is 4.90 Å². The highest BCUT2D eigenvalue weighted by Gasteiger charge is 2.20. The van der Waals surface area contributed by atoms with Crippen molar-refractivity contribution in [1.29, 1.82) is 0 Å². The molecule has 108 valence electrons. The van der Waals surface area contributed by atoms with Crippen LogP contribution in [0.4, 0.5) is 0 Å². The zero-order chi connectivity index (χ0) is 13.9. The van der Waals surface area contributed by atoms with Crippen molar-refractivity contribution in [2.75, 3.05) is 20.6 Å². The molecule has 3 heterocycles. The van der Waals surface area contributed by atoms with Crippen molar-refractivity contribution in [3.63, 3.8) is 0 Å². The maximum atomic E-state index is 4.36. The summed E-state index contributed by atoms with van der Waals surface area (Å²) in [4.78, 5) is 4.66. The molecule has 2 aromatic rings. The maximum Gasteiger partial charge on any atom is 0.101 e. The smallest absolute Gasteiger partial charge is 0.101 e.